The summed E-state index contributed by atoms with van der Waals surface area (Å²) in [6.45, 7) is 0. The molecule has 4 rings (SSSR count). The molecular weight excluding hydrogens is 332 g/mol. The molecule has 0 N–H and O–H groups in total. The van der Waals surface area contributed by atoms with E-state index in [2.05, 4.69) is 9.97 Å². The van der Waals surface area contributed by atoms with Crippen LogP contribution in [-0.2, 0) is 0 Å². The Kier molecular flexibility index (Phi) is 3.99. The van der Waals surface area contributed by atoms with Crippen LogP contribution >= 0.6 is 0 Å². The molecular formula is C20H12N2O4. The third-order valence-electron chi connectivity index (χ3n) is 3.76. The zero-order valence-electron chi connectivity index (χ0n) is 13.5. The lowest BCUT2D eigenvalue weighted by atomic mass is 10.1. The summed E-state index contributed by atoms with van der Waals surface area (Å²) in [5, 5.41) is 0.700. The average molecular weight is 344 g/mol. The average Bonchev–Trinajstić information content (AvgIpc) is 2.69. The number of rotatable bonds is 3. The van der Waals surface area contributed by atoms with Gasteiger partial charge in [-0.05, 0) is 42.5 Å². The van der Waals surface area contributed by atoms with Crippen LogP contribution in [0.4, 0.5) is 0 Å². The maximum atomic E-state index is 12.3. The van der Waals surface area contributed by atoms with Crippen molar-refractivity contribution < 1.29 is 13.9 Å². The zero-order chi connectivity index (χ0) is 17.9. The predicted molar refractivity (Wildman–Crippen MR) is 94.9 cm³/mol. The third-order valence-corrected chi connectivity index (χ3v) is 3.76. The highest BCUT2D eigenvalue weighted by Gasteiger charge is 2.12. The Morgan fingerprint density at radius 2 is 1.92 bits per heavy atom. The van der Waals surface area contributed by atoms with Crippen LogP contribution in [0.25, 0.3) is 22.2 Å². The van der Waals surface area contributed by atoms with Gasteiger partial charge in [-0.1, -0.05) is 6.07 Å². The number of fused-ring (bicyclic) bond motifs is 1. The van der Waals surface area contributed by atoms with Crippen molar-refractivity contribution in [2.75, 3.05) is 0 Å². The zero-order valence-corrected chi connectivity index (χ0v) is 13.5. The maximum absolute atomic E-state index is 12.3. The molecule has 26 heavy (non-hydrogen) atoms. The number of esters is 1. The Labute approximate surface area is 147 Å². The van der Waals surface area contributed by atoms with Gasteiger partial charge < -0.3 is 9.15 Å². The Balaban J connectivity index is 1.68. The highest BCUT2D eigenvalue weighted by molar-refractivity contribution is 5.91. The molecule has 0 amide bonds. The topological polar surface area (TPSA) is 82.3 Å². The predicted octanol–water partition coefficient (Wildman–Crippen LogP) is 3.47. The van der Waals surface area contributed by atoms with Gasteiger partial charge in [0.15, 0.2) is 0 Å². The van der Waals surface area contributed by atoms with E-state index in [1.165, 1.54) is 12.3 Å². The van der Waals surface area contributed by atoms with Crippen molar-refractivity contribution in [1.29, 1.82) is 0 Å². The molecule has 0 saturated carbocycles. The van der Waals surface area contributed by atoms with Crippen LogP contribution in [0, 0.1) is 0 Å². The first kappa shape index (κ1) is 15.7. The Morgan fingerprint density at radius 3 is 2.69 bits per heavy atom. The minimum atomic E-state index is -0.537. The molecule has 4 aromatic rings. The summed E-state index contributed by atoms with van der Waals surface area (Å²) in [4.78, 5) is 32.4. The van der Waals surface area contributed by atoms with Gasteiger partial charge in [0.25, 0.3) is 0 Å². The minimum absolute atomic E-state index is 0.278. The highest BCUT2D eigenvalue weighted by Crippen LogP contribution is 2.24. The SMILES string of the molecule is O=C(Oc1ccc2cc(-c3ccccn3)c(=O)oc2c1)c1cccnc1. The molecule has 3 heterocycles. The van der Waals surface area contributed by atoms with Crippen LogP contribution < -0.4 is 10.4 Å². The number of hydrogen-bond donors (Lipinski definition) is 0. The van der Waals surface area contributed by atoms with Crippen molar-refractivity contribution >= 4 is 16.9 Å². The largest absolute Gasteiger partial charge is 0.423 e. The molecule has 0 saturated heterocycles. The molecule has 0 aliphatic carbocycles. The summed E-state index contributed by atoms with van der Waals surface area (Å²) in [7, 11) is 0. The van der Waals surface area contributed by atoms with E-state index in [1.54, 1.807) is 60.9 Å². The first-order valence-corrected chi connectivity index (χ1v) is 7.82. The quantitative estimate of drug-likeness (QED) is 0.321. The van der Waals surface area contributed by atoms with Gasteiger partial charge in [0.1, 0.15) is 11.3 Å². The molecule has 0 spiro atoms. The number of aromatic nitrogens is 2. The van der Waals surface area contributed by atoms with Crippen LogP contribution in [0.15, 0.2) is 82.4 Å². The molecule has 126 valence electrons. The van der Waals surface area contributed by atoms with Gasteiger partial charge in [0.2, 0.25) is 0 Å². The van der Waals surface area contributed by atoms with Gasteiger partial charge in [-0.15, -0.1) is 0 Å². The van der Waals surface area contributed by atoms with Gasteiger partial charge in [-0.3, -0.25) is 9.97 Å². The fourth-order valence-electron chi connectivity index (χ4n) is 2.51. The molecule has 0 aliphatic heterocycles. The minimum Gasteiger partial charge on any atom is -0.423 e. The molecule has 6 nitrogen and oxygen atoms in total. The lowest BCUT2D eigenvalue weighted by molar-refractivity contribution is 0.0734. The summed E-state index contributed by atoms with van der Waals surface area (Å²) >= 11 is 0. The van der Waals surface area contributed by atoms with Crippen molar-refractivity contribution in [3.8, 4) is 17.0 Å². The van der Waals surface area contributed by atoms with Crippen LogP contribution in [0.2, 0.25) is 0 Å². The summed E-state index contributed by atoms with van der Waals surface area (Å²) in [6.07, 6.45) is 4.60. The van der Waals surface area contributed by atoms with Crippen molar-refractivity contribution in [1.82, 2.24) is 9.97 Å². The Bertz CT molecular complexity index is 1140. The first-order chi connectivity index (χ1) is 12.7. The fourth-order valence-corrected chi connectivity index (χ4v) is 2.51. The Morgan fingerprint density at radius 1 is 1.00 bits per heavy atom. The number of nitrogens with zero attached hydrogens (tertiary/aromatic N) is 2. The Hall–Kier alpha value is -3.80. The summed E-state index contributed by atoms with van der Waals surface area (Å²) in [5.74, 6) is -0.259. The molecule has 0 radical (unpaired) electrons. The van der Waals surface area contributed by atoms with Gasteiger partial charge in [0.05, 0.1) is 16.8 Å². The summed E-state index contributed by atoms with van der Waals surface area (Å²) < 4.78 is 10.7. The van der Waals surface area contributed by atoms with Gasteiger partial charge >= 0.3 is 11.6 Å². The maximum Gasteiger partial charge on any atom is 0.345 e. The van der Waals surface area contributed by atoms with Gasteiger partial charge in [-0.2, -0.15) is 0 Å². The van der Waals surface area contributed by atoms with E-state index in [0.29, 0.717) is 27.8 Å². The van der Waals surface area contributed by atoms with E-state index < -0.39 is 11.6 Å². The highest BCUT2D eigenvalue weighted by atomic mass is 16.5. The molecule has 0 fully saturated rings. The second-order valence-electron chi connectivity index (χ2n) is 5.49. The monoisotopic (exact) mass is 344 g/mol. The number of ether oxygens (including phenoxy) is 1. The number of benzene rings is 1. The van der Waals surface area contributed by atoms with Gasteiger partial charge in [-0.25, -0.2) is 9.59 Å². The molecule has 6 heteroatoms. The molecule has 0 aliphatic rings. The van der Waals surface area contributed by atoms with Crippen molar-refractivity contribution in [2.24, 2.45) is 0 Å². The number of carbonyl (C=O) groups is 1. The van der Waals surface area contributed by atoms with Crippen LogP contribution in [0.1, 0.15) is 10.4 Å². The number of hydrogen-bond acceptors (Lipinski definition) is 6. The lowest BCUT2D eigenvalue weighted by Gasteiger charge is -2.06. The molecule has 3 aromatic heterocycles. The van der Waals surface area contributed by atoms with E-state index >= 15 is 0 Å². The molecule has 1 aromatic carbocycles. The van der Waals surface area contributed by atoms with E-state index in [9.17, 15) is 9.59 Å². The molecule has 0 atom stereocenters. The second kappa shape index (κ2) is 6.60. The summed E-state index contributed by atoms with van der Waals surface area (Å²) in [5.41, 5.74) is 1.06. The van der Waals surface area contributed by atoms with Crippen LogP contribution in [0.3, 0.4) is 0 Å². The first-order valence-electron chi connectivity index (χ1n) is 7.82. The second-order valence-corrected chi connectivity index (χ2v) is 5.49. The molecule has 0 bridgehead atoms. The van der Waals surface area contributed by atoms with Gasteiger partial charge in [0, 0.05) is 30.0 Å². The number of carbonyl (C=O) groups excluding carboxylic acids is 1. The van der Waals surface area contributed by atoms with Crippen LogP contribution in [-0.4, -0.2) is 15.9 Å². The smallest absolute Gasteiger partial charge is 0.345 e. The van der Waals surface area contributed by atoms with Crippen molar-refractivity contribution in [2.45, 2.75) is 0 Å². The molecule has 0 unspecified atom stereocenters. The lowest BCUT2D eigenvalue weighted by Crippen LogP contribution is -2.09. The standard InChI is InChI=1S/C20H12N2O4/c23-19(14-4-3-8-21-12-14)25-15-7-6-13-10-16(17-5-1-2-9-22-17)20(24)26-18(13)11-15/h1-12H. The van der Waals surface area contributed by atoms with E-state index in [1.807, 2.05) is 0 Å². The van der Waals surface area contributed by atoms with E-state index in [-0.39, 0.29) is 5.75 Å². The third kappa shape index (κ3) is 3.08. The van der Waals surface area contributed by atoms with Crippen LogP contribution in [0.5, 0.6) is 5.75 Å². The number of pyridine rings is 2. The van der Waals surface area contributed by atoms with Crippen molar-refractivity contribution in [3.05, 3.63) is 89.2 Å². The normalized spacial score (nSPS) is 10.6. The summed E-state index contributed by atoms with van der Waals surface area (Å²) in [6, 6.07) is 15.1. The van der Waals surface area contributed by atoms with E-state index in [4.69, 9.17) is 9.15 Å². The van der Waals surface area contributed by atoms with Crippen molar-refractivity contribution in [3.63, 3.8) is 0 Å². The van der Waals surface area contributed by atoms with E-state index in [0.717, 1.165) is 0 Å². The fraction of sp³-hybridized carbons (Fsp3) is 0.